The van der Waals surface area contributed by atoms with E-state index in [1.807, 2.05) is 0 Å². The second-order valence-corrected chi connectivity index (χ2v) is 6.52. The summed E-state index contributed by atoms with van der Waals surface area (Å²) in [6.07, 6.45) is 10.5. The van der Waals surface area contributed by atoms with Gasteiger partial charge >= 0.3 is 0 Å². The molecule has 2 bridgehead atoms. The van der Waals surface area contributed by atoms with Gasteiger partial charge < -0.3 is 10.6 Å². The van der Waals surface area contributed by atoms with Crippen LogP contribution in [0.25, 0.3) is 0 Å². The van der Waals surface area contributed by atoms with Gasteiger partial charge in [0.15, 0.2) is 0 Å². The lowest BCUT2D eigenvalue weighted by atomic mass is 9.86. The highest BCUT2D eigenvalue weighted by atomic mass is 16.2. The van der Waals surface area contributed by atoms with Crippen molar-refractivity contribution in [3.8, 4) is 0 Å². The molecule has 4 unspecified atom stereocenters. The predicted molar refractivity (Wildman–Crippen MR) is 72.2 cm³/mol. The Balaban J connectivity index is 1.35. The molecule has 0 aromatic rings. The Morgan fingerprint density at radius 1 is 1.17 bits per heavy atom. The average molecular weight is 250 g/mol. The summed E-state index contributed by atoms with van der Waals surface area (Å²) in [5, 5.41) is 6.45. The topological polar surface area (TPSA) is 41.1 Å². The zero-order chi connectivity index (χ0) is 12.4. The van der Waals surface area contributed by atoms with E-state index in [-0.39, 0.29) is 11.9 Å². The van der Waals surface area contributed by atoms with Gasteiger partial charge in [0.25, 0.3) is 0 Å². The van der Waals surface area contributed by atoms with Crippen molar-refractivity contribution in [2.45, 2.75) is 57.4 Å². The molecule has 3 aliphatic rings. The van der Waals surface area contributed by atoms with Crippen LogP contribution in [0.3, 0.4) is 0 Å². The van der Waals surface area contributed by atoms with E-state index in [1.54, 1.807) is 0 Å². The van der Waals surface area contributed by atoms with E-state index < -0.39 is 0 Å². The van der Waals surface area contributed by atoms with Gasteiger partial charge in [-0.05, 0) is 62.8 Å². The van der Waals surface area contributed by atoms with Crippen LogP contribution < -0.4 is 10.6 Å². The highest BCUT2D eigenvalue weighted by Gasteiger charge is 2.38. The van der Waals surface area contributed by atoms with Gasteiger partial charge in [-0.1, -0.05) is 12.8 Å². The number of rotatable bonds is 4. The predicted octanol–water partition coefficient (Wildman–Crippen LogP) is 2.07. The van der Waals surface area contributed by atoms with Crippen molar-refractivity contribution in [2.24, 2.45) is 17.8 Å². The molecule has 1 aliphatic heterocycles. The van der Waals surface area contributed by atoms with Crippen molar-refractivity contribution in [2.75, 3.05) is 13.1 Å². The fourth-order valence-electron chi connectivity index (χ4n) is 4.31. The van der Waals surface area contributed by atoms with Crippen molar-refractivity contribution in [3.05, 3.63) is 0 Å². The minimum Gasteiger partial charge on any atom is -0.355 e. The zero-order valence-corrected chi connectivity index (χ0v) is 11.3. The van der Waals surface area contributed by atoms with E-state index in [0.29, 0.717) is 0 Å². The summed E-state index contributed by atoms with van der Waals surface area (Å²) in [6, 6.07) is 0.0822. The maximum atomic E-state index is 12.0. The Morgan fingerprint density at radius 3 is 2.78 bits per heavy atom. The number of carbonyl (C=O) groups excluding carboxylic acids is 1. The summed E-state index contributed by atoms with van der Waals surface area (Å²) in [4.78, 5) is 12.0. The molecule has 0 spiro atoms. The summed E-state index contributed by atoms with van der Waals surface area (Å²) in [6.45, 7) is 1.90. The fraction of sp³-hybridized carbons (Fsp3) is 0.933. The molecule has 3 nitrogen and oxygen atoms in total. The monoisotopic (exact) mass is 250 g/mol. The van der Waals surface area contributed by atoms with Crippen LogP contribution in [0.4, 0.5) is 0 Å². The second-order valence-electron chi connectivity index (χ2n) is 6.52. The van der Waals surface area contributed by atoms with Crippen LogP contribution in [0.5, 0.6) is 0 Å². The first-order valence-electron chi connectivity index (χ1n) is 7.84. The summed E-state index contributed by atoms with van der Waals surface area (Å²) in [7, 11) is 0. The Morgan fingerprint density at radius 2 is 2.11 bits per heavy atom. The molecule has 1 heterocycles. The lowest BCUT2D eigenvalue weighted by Crippen LogP contribution is -2.47. The quantitative estimate of drug-likeness (QED) is 0.802. The number of piperidine rings is 1. The summed E-state index contributed by atoms with van der Waals surface area (Å²) in [5.41, 5.74) is 0. The molecule has 0 radical (unpaired) electrons. The largest absolute Gasteiger partial charge is 0.355 e. The lowest BCUT2D eigenvalue weighted by molar-refractivity contribution is -0.123. The van der Waals surface area contributed by atoms with E-state index in [4.69, 9.17) is 0 Å². The molecule has 4 atom stereocenters. The van der Waals surface area contributed by atoms with Crippen molar-refractivity contribution < 1.29 is 4.79 Å². The van der Waals surface area contributed by atoms with Crippen molar-refractivity contribution in [1.82, 2.24) is 10.6 Å². The first-order valence-corrected chi connectivity index (χ1v) is 7.84. The number of fused-ring (bicyclic) bond motifs is 2. The van der Waals surface area contributed by atoms with Gasteiger partial charge in [-0.3, -0.25) is 4.79 Å². The average Bonchev–Trinajstić information content (AvgIpc) is 3.02. The van der Waals surface area contributed by atoms with Crippen LogP contribution in [-0.4, -0.2) is 25.0 Å². The SMILES string of the molecule is O=C(NCCC1CC2CCC1C2)C1CCCCN1. The van der Waals surface area contributed by atoms with Crippen molar-refractivity contribution in [1.29, 1.82) is 0 Å². The molecule has 2 saturated carbocycles. The first-order chi connectivity index (χ1) is 8.83. The van der Waals surface area contributed by atoms with E-state index >= 15 is 0 Å². The van der Waals surface area contributed by atoms with Gasteiger partial charge in [-0.25, -0.2) is 0 Å². The smallest absolute Gasteiger partial charge is 0.237 e. The molecule has 3 fully saturated rings. The number of amides is 1. The molecular formula is C15H26N2O. The molecule has 2 N–H and O–H groups in total. The summed E-state index contributed by atoms with van der Waals surface area (Å²) >= 11 is 0. The van der Waals surface area contributed by atoms with Gasteiger partial charge in [0.1, 0.15) is 0 Å². The van der Waals surface area contributed by atoms with E-state index in [2.05, 4.69) is 10.6 Å². The minimum atomic E-state index is 0.0822. The third kappa shape index (κ3) is 2.71. The van der Waals surface area contributed by atoms with Crippen LogP contribution in [-0.2, 0) is 4.79 Å². The third-order valence-corrected chi connectivity index (χ3v) is 5.33. The maximum Gasteiger partial charge on any atom is 0.237 e. The van der Waals surface area contributed by atoms with E-state index in [0.717, 1.165) is 37.3 Å². The molecular weight excluding hydrogens is 224 g/mol. The van der Waals surface area contributed by atoms with Crippen LogP contribution in [0.1, 0.15) is 51.4 Å². The van der Waals surface area contributed by atoms with Crippen molar-refractivity contribution >= 4 is 5.91 Å². The number of carbonyl (C=O) groups is 1. The molecule has 102 valence electrons. The molecule has 0 aromatic heterocycles. The molecule has 3 rings (SSSR count). The van der Waals surface area contributed by atoms with Crippen molar-refractivity contribution in [3.63, 3.8) is 0 Å². The molecule has 0 aromatic carbocycles. The first kappa shape index (κ1) is 12.5. The molecule has 1 amide bonds. The van der Waals surface area contributed by atoms with Gasteiger partial charge in [0, 0.05) is 6.54 Å². The van der Waals surface area contributed by atoms with Crippen LogP contribution >= 0.6 is 0 Å². The van der Waals surface area contributed by atoms with E-state index in [1.165, 1.54) is 44.9 Å². The fourth-order valence-corrected chi connectivity index (χ4v) is 4.31. The Hall–Kier alpha value is -0.570. The Labute approximate surface area is 110 Å². The van der Waals surface area contributed by atoms with Gasteiger partial charge in [0.05, 0.1) is 6.04 Å². The molecule has 2 aliphatic carbocycles. The van der Waals surface area contributed by atoms with Crippen LogP contribution in [0.2, 0.25) is 0 Å². The van der Waals surface area contributed by atoms with Gasteiger partial charge in [0.2, 0.25) is 5.91 Å². The van der Waals surface area contributed by atoms with E-state index in [9.17, 15) is 4.79 Å². The highest BCUT2D eigenvalue weighted by Crippen LogP contribution is 2.49. The second kappa shape index (κ2) is 5.60. The Bertz CT molecular complexity index is 299. The maximum absolute atomic E-state index is 12.0. The number of hydrogen-bond acceptors (Lipinski definition) is 2. The molecule has 1 saturated heterocycles. The normalized spacial score (nSPS) is 38.9. The highest BCUT2D eigenvalue weighted by molar-refractivity contribution is 5.81. The van der Waals surface area contributed by atoms with Gasteiger partial charge in [-0.2, -0.15) is 0 Å². The minimum absolute atomic E-state index is 0.0822. The zero-order valence-electron chi connectivity index (χ0n) is 11.3. The third-order valence-electron chi connectivity index (χ3n) is 5.33. The Kier molecular flexibility index (Phi) is 3.88. The molecule has 18 heavy (non-hydrogen) atoms. The standard InChI is InChI=1S/C15H26N2O/c18-15(14-3-1-2-7-16-14)17-8-6-13-10-11-4-5-12(13)9-11/h11-14,16H,1-10H2,(H,17,18). The van der Waals surface area contributed by atoms with Gasteiger partial charge in [-0.15, -0.1) is 0 Å². The lowest BCUT2D eigenvalue weighted by Gasteiger charge is -2.24. The summed E-state index contributed by atoms with van der Waals surface area (Å²) < 4.78 is 0. The summed E-state index contributed by atoms with van der Waals surface area (Å²) in [5.74, 6) is 3.15. The van der Waals surface area contributed by atoms with Crippen LogP contribution in [0.15, 0.2) is 0 Å². The van der Waals surface area contributed by atoms with Crippen LogP contribution in [0, 0.1) is 17.8 Å². The number of hydrogen-bond donors (Lipinski definition) is 2. The number of nitrogens with one attached hydrogen (secondary N) is 2. The molecule has 3 heteroatoms.